The summed E-state index contributed by atoms with van der Waals surface area (Å²) in [6.07, 6.45) is 3.54. The molecular formula is C27H32N2O2. The van der Waals surface area contributed by atoms with Gasteiger partial charge in [0.2, 0.25) is 0 Å². The molecule has 0 fully saturated rings. The number of ether oxygens (including phenoxy) is 1. The summed E-state index contributed by atoms with van der Waals surface area (Å²) < 4.78 is 6.09. The Balaban J connectivity index is 1.78. The maximum Gasteiger partial charge on any atom is 0.261 e. The number of hydrogen-bond donors (Lipinski definition) is 1. The van der Waals surface area contributed by atoms with Crippen molar-refractivity contribution in [1.82, 2.24) is 4.98 Å². The van der Waals surface area contributed by atoms with Gasteiger partial charge in [0.05, 0.1) is 12.3 Å². The number of aromatic nitrogens is 1. The second-order valence-electron chi connectivity index (χ2n) is 7.77. The summed E-state index contributed by atoms with van der Waals surface area (Å²) in [7, 11) is 0. The van der Waals surface area contributed by atoms with E-state index >= 15 is 0 Å². The zero-order valence-electron chi connectivity index (χ0n) is 19.0. The molecule has 0 aliphatic carbocycles. The van der Waals surface area contributed by atoms with Gasteiger partial charge in [0.15, 0.2) is 0 Å². The largest absolute Gasteiger partial charge is 0.493 e. The normalized spacial score (nSPS) is 10.7. The highest BCUT2D eigenvalue weighted by atomic mass is 16.5. The van der Waals surface area contributed by atoms with Crippen molar-refractivity contribution in [2.45, 2.75) is 53.4 Å². The average molecular weight is 417 g/mol. The van der Waals surface area contributed by atoms with Crippen LogP contribution in [0.1, 0.15) is 58.7 Å². The number of hydrogen-bond acceptors (Lipinski definition) is 3. The first-order valence-corrected chi connectivity index (χ1v) is 11.1. The number of para-hydroxylation sites is 1. The van der Waals surface area contributed by atoms with Crippen LogP contribution in [0.5, 0.6) is 5.75 Å². The minimum absolute atomic E-state index is 0.168. The van der Waals surface area contributed by atoms with Crippen molar-refractivity contribution >= 4 is 11.6 Å². The number of carbonyl (C=O) groups is 1. The van der Waals surface area contributed by atoms with Gasteiger partial charge in [-0.1, -0.05) is 62.4 Å². The highest BCUT2D eigenvalue weighted by Gasteiger charge is 2.20. The number of rotatable bonds is 9. The predicted octanol–water partition coefficient (Wildman–Crippen LogP) is 6.09. The lowest BCUT2D eigenvalue weighted by atomic mass is 10.0. The van der Waals surface area contributed by atoms with Gasteiger partial charge in [0.1, 0.15) is 11.3 Å². The Hall–Kier alpha value is -3.14. The van der Waals surface area contributed by atoms with Crippen LogP contribution < -0.4 is 10.1 Å². The van der Waals surface area contributed by atoms with E-state index in [1.807, 2.05) is 44.2 Å². The van der Waals surface area contributed by atoms with Crippen molar-refractivity contribution in [2.24, 2.45) is 0 Å². The number of aryl methyl sites for hydroxylation is 5. The molecule has 0 unspecified atom stereocenters. The average Bonchev–Trinajstić information content (AvgIpc) is 2.77. The van der Waals surface area contributed by atoms with Crippen molar-refractivity contribution < 1.29 is 9.53 Å². The maximum atomic E-state index is 13.3. The smallest absolute Gasteiger partial charge is 0.261 e. The Kier molecular flexibility index (Phi) is 7.82. The number of anilines is 1. The second-order valence-corrected chi connectivity index (χ2v) is 7.77. The van der Waals surface area contributed by atoms with Crippen LogP contribution in [-0.2, 0) is 19.3 Å². The highest BCUT2D eigenvalue weighted by molar-refractivity contribution is 6.07. The number of carbonyl (C=O) groups excluding carboxylic acids is 1. The van der Waals surface area contributed by atoms with Gasteiger partial charge in [-0.2, -0.15) is 0 Å². The van der Waals surface area contributed by atoms with Crippen LogP contribution in [0.2, 0.25) is 0 Å². The molecule has 31 heavy (non-hydrogen) atoms. The molecule has 1 amide bonds. The summed E-state index contributed by atoms with van der Waals surface area (Å²) in [4.78, 5) is 17.8. The van der Waals surface area contributed by atoms with Crippen molar-refractivity contribution in [3.63, 3.8) is 0 Å². The third-order valence-electron chi connectivity index (χ3n) is 5.47. The van der Waals surface area contributed by atoms with Gasteiger partial charge in [-0.3, -0.25) is 9.78 Å². The molecule has 0 spiro atoms. The van der Waals surface area contributed by atoms with E-state index in [0.717, 1.165) is 48.2 Å². The van der Waals surface area contributed by atoms with Crippen molar-refractivity contribution in [3.8, 4) is 5.75 Å². The molecule has 0 bridgehead atoms. The van der Waals surface area contributed by atoms with E-state index in [9.17, 15) is 4.79 Å². The van der Waals surface area contributed by atoms with E-state index < -0.39 is 0 Å². The molecule has 0 atom stereocenters. The Morgan fingerprint density at radius 2 is 1.65 bits per heavy atom. The molecule has 4 nitrogen and oxygen atoms in total. The summed E-state index contributed by atoms with van der Waals surface area (Å²) in [5.74, 6) is 0.432. The van der Waals surface area contributed by atoms with Gasteiger partial charge in [-0.15, -0.1) is 0 Å². The molecule has 162 valence electrons. The van der Waals surface area contributed by atoms with Crippen LogP contribution in [-0.4, -0.2) is 17.5 Å². The second kappa shape index (κ2) is 10.8. The van der Waals surface area contributed by atoms with E-state index in [2.05, 4.69) is 48.4 Å². The van der Waals surface area contributed by atoms with Crippen molar-refractivity contribution in [2.75, 3.05) is 11.9 Å². The number of nitrogens with one attached hydrogen (secondary N) is 1. The van der Waals surface area contributed by atoms with Crippen LogP contribution in [0.3, 0.4) is 0 Å². The molecule has 0 aliphatic rings. The van der Waals surface area contributed by atoms with E-state index in [0.29, 0.717) is 23.6 Å². The molecule has 4 heteroatoms. The van der Waals surface area contributed by atoms with Crippen LogP contribution in [0.25, 0.3) is 0 Å². The van der Waals surface area contributed by atoms with Gasteiger partial charge in [-0.05, 0) is 56.2 Å². The third kappa shape index (κ3) is 5.72. The summed E-state index contributed by atoms with van der Waals surface area (Å²) in [6.45, 7) is 8.54. The first-order chi connectivity index (χ1) is 15.0. The molecule has 3 rings (SSSR count). The van der Waals surface area contributed by atoms with Crippen LogP contribution in [0.15, 0.2) is 54.6 Å². The summed E-state index contributed by atoms with van der Waals surface area (Å²) >= 11 is 0. The minimum atomic E-state index is -0.168. The maximum absolute atomic E-state index is 13.3. The Bertz CT molecular complexity index is 1010. The number of benzene rings is 2. The fourth-order valence-electron chi connectivity index (χ4n) is 3.87. The third-order valence-corrected chi connectivity index (χ3v) is 5.47. The zero-order valence-corrected chi connectivity index (χ0v) is 19.0. The fraction of sp³-hybridized carbons (Fsp3) is 0.333. The van der Waals surface area contributed by atoms with E-state index in [-0.39, 0.29) is 5.91 Å². The van der Waals surface area contributed by atoms with E-state index in [4.69, 9.17) is 4.74 Å². The molecule has 0 radical (unpaired) electrons. The van der Waals surface area contributed by atoms with Crippen LogP contribution >= 0.6 is 0 Å². The summed E-state index contributed by atoms with van der Waals surface area (Å²) in [5.41, 5.74) is 6.50. The molecule has 0 aliphatic heterocycles. The van der Waals surface area contributed by atoms with E-state index in [1.165, 1.54) is 5.56 Å². The molecule has 1 aromatic heterocycles. The molecule has 1 N–H and O–H groups in total. The van der Waals surface area contributed by atoms with Crippen molar-refractivity contribution in [1.29, 1.82) is 0 Å². The van der Waals surface area contributed by atoms with Gasteiger partial charge >= 0.3 is 0 Å². The minimum Gasteiger partial charge on any atom is -0.493 e. The first kappa shape index (κ1) is 22.5. The van der Waals surface area contributed by atoms with Crippen LogP contribution in [0, 0.1) is 13.8 Å². The monoisotopic (exact) mass is 416 g/mol. The zero-order chi connectivity index (χ0) is 22.2. The molecule has 3 aromatic rings. The fourth-order valence-corrected chi connectivity index (χ4v) is 3.87. The number of nitrogens with zero attached hydrogens (tertiary/aromatic N) is 1. The highest BCUT2D eigenvalue weighted by Crippen LogP contribution is 2.27. The molecule has 2 aromatic carbocycles. The molecule has 0 saturated heterocycles. The van der Waals surface area contributed by atoms with Gasteiger partial charge in [0.25, 0.3) is 5.91 Å². The quantitative estimate of drug-likeness (QED) is 0.430. The van der Waals surface area contributed by atoms with Crippen LogP contribution in [0.4, 0.5) is 5.69 Å². The van der Waals surface area contributed by atoms with Crippen molar-refractivity contribution in [3.05, 3.63) is 88.2 Å². The lowest BCUT2D eigenvalue weighted by Crippen LogP contribution is -2.18. The molecular weight excluding hydrogens is 384 g/mol. The SMILES string of the molecule is CCc1cccc(CC)c1NC(=O)c1c(OCCCc2ccccc2)cc(C)nc1C. The standard InChI is InChI=1S/C27H32N2O2/c1-5-22-15-10-16-23(6-2)26(22)29-27(30)25-20(4)28-19(3)18-24(25)31-17-11-14-21-12-8-7-9-13-21/h7-10,12-13,15-16,18H,5-6,11,14,17H2,1-4H3,(H,29,30). The van der Waals surface area contributed by atoms with E-state index in [1.54, 1.807) is 0 Å². The predicted molar refractivity (Wildman–Crippen MR) is 127 cm³/mol. The molecule has 0 saturated carbocycles. The Labute approximate surface area is 185 Å². The Morgan fingerprint density at radius 1 is 0.968 bits per heavy atom. The lowest BCUT2D eigenvalue weighted by molar-refractivity contribution is 0.102. The first-order valence-electron chi connectivity index (χ1n) is 11.1. The summed E-state index contributed by atoms with van der Waals surface area (Å²) in [5, 5.41) is 3.16. The lowest BCUT2D eigenvalue weighted by Gasteiger charge is -2.17. The van der Waals surface area contributed by atoms with Gasteiger partial charge in [-0.25, -0.2) is 0 Å². The number of amides is 1. The van der Waals surface area contributed by atoms with Gasteiger partial charge < -0.3 is 10.1 Å². The molecule has 1 heterocycles. The topological polar surface area (TPSA) is 51.2 Å². The number of pyridine rings is 1. The summed E-state index contributed by atoms with van der Waals surface area (Å²) in [6, 6.07) is 18.4. The Morgan fingerprint density at radius 3 is 2.29 bits per heavy atom. The van der Waals surface area contributed by atoms with Gasteiger partial charge in [0, 0.05) is 17.4 Å².